The van der Waals surface area contributed by atoms with Crippen LogP contribution in [0.4, 0.5) is 10.1 Å². The Hall–Kier alpha value is -2.76. The summed E-state index contributed by atoms with van der Waals surface area (Å²) in [5, 5.41) is 0. The van der Waals surface area contributed by atoms with E-state index in [1.54, 1.807) is 25.3 Å². The van der Waals surface area contributed by atoms with Gasteiger partial charge >= 0.3 is 0 Å². The molecule has 0 saturated heterocycles. The predicted molar refractivity (Wildman–Crippen MR) is 92.5 cm³/mol. The minimum absolute atomic E-state index is 0.00293. The smallest absolute Gasteiger partial charge is 0.204 e. The van der Waals surface area contributed by atoms with Crippen molar-refractivity contribution in [3.05, 3.63) is 47.3 Å². The lowest BCUT2D eigenvalue weighted by Gasteiger charge is -2.32. The van der Waals surface area contributed by atoms with Gasteiger partial charge < -0.3 is 19.1 Å². The Balaban J connectivity index is 2.08. The molecule has 1 aliphatic rings. The molecule has 1 heterocycles. The van der Waals surface area contributed by atoms with Crippen molar-refractivity contribution in [1.29, 1.82) is 0 Å². The molecule has 132 valence electrons. The first kappa shape index (κ1) is 17.1. The van der Waals surface area contributed by atoms with Crippen LogP contribution in [-0.2, 0) is 6.54 Å². The Morgan fingerprint density at radius 2 is 1.72 bits per heavy atom. The zero-order valence-electron chi connectivity index (χ0n) is 14.5. The van der Waals surface area contributed by atoms with Crippen molar-refractivity contribution >= 4 is 11.5 Å². The largest absolute Gasteiger partial charge is 0.493 e. The van der Waals surface area contributed by atoms with Gasteiger partial charge in [0.25, 0.3) is 0 Å². The Morgan fingerprint density at radius 3 is 2.32 bits per heavy atom. The van der Waals surface area contributed by atoms with Crippen LogP contribution in [0.25, 0.3) is 0 Å². The molecule has 5 nitrogen and oxygen atoms in total. The first-order valence-corrected chi connectivity index (χ1v) is 7.94. The van der Waals surface area contributed by atoms with Gasteiger partial charge in [-0.15, -0.1) is 0 Å². The fourth-order valence-corrected chi connectivity index (χ4v) is 3.12. The number of carbonyl (C=O) groups is 1. The van der Waals surface area contributed by atoms with Crippen LogP contribution < -0.4 is 19.1 Å². The molecule has 0 bridgehead atoms. The van der Waals surface area contributed by atoms with E-state index in [9.17, 15) is 9.18 Å². The average Bonchev–Trinajstić information content (AvgIpc) is 2.64. The van der Waals surface area contributed by atoms with Gasteiger partial charge in [-0.2, -0.15) is 0 Å². The molecule has 2 aromatic carbocycles. The van der Waals surface area contributed by atoms with Crippen LogP contribution in [0.1, 0.15) is 22.3 Å². The molecule has 1 aliphatic heterocycles. The van der Waals surface area contributed by atoms with Crippen LogP contribution in [-0.4, -0.2) is 33.7 Å². The maximum Gasteiger partial charge on any atom is 0.204 e. The minimum atomic E-state index is -0.272. The first-order valence-electron chi connectivity index (χ1n) is 7.94. The minimum Gasteiger partial charge on any atom is -0.493 e. The van der Waals surface area contributed by atoms with Gasteiger partial charge in [0.2, 0.25) is 5.75 Å². The van der Waals surface area contributed by atoms with E-state index in [2.05, 4.69) is 4.90 Å². The summed E-state index contributed by atoms with van der Waals surface area (Å²) in [6.45, 7) is 1.13. The molecule has 6 heteroatoms. The number of ether oxygens (including phenoxy) is 3. The van der Waals surface area contributed by atoms with Gasteiger partial charge in [-0.05, 0) is 17.7 Å². The number of anilines is 1. The molecule has 0 N–H and O–H groups in total. The number of fused-ring (bicyclic) bond motifs is 1. The second-order valence-electron chi connectivity index (χ2n) is 5.76. The van der Waals surface area contributed by atoms with Gasteiger partial charge in [0.15, 0.2) is 17.3 Å². The lowest BCUT2D eigenvalue weighted by atomic mass is 9.97. The van der Waals surface area contributed by atoms with Crippen molar-refractivity contribution in [2.24, 2.45) is 0 Å². The van der Waals surface area contributed by atoms with Crippen molar-refractivity contribution in [2.75, 3.05) is 32.8 Å². The Labute approximate surface area is 145 Å². The van der Waals surface area contributed by atoms with Gasteiger partial charge in [0, 0.05) is 25.6 Å². The molecule has 0 unspecified atom stereocenters. The van der Waals surface area contributed by atoms with Crippen molar-refractivity contribution < 1.29 is 23.4 Å². The van der Waals surface area contributed by atoms with E-state index in [0.29, 0.717) is 42.3 Å². The molecule has 3 rings (SSSR count). The second kappa shape index (κ2) is 7.01. The summed E-state index contributed by atoms with van der Waals surface area (Å²) in [5.41, 5.74) is 2.18. The van der Waals surface area contributed by atoms with Gasteiger partial charge in [0.05, 0.1) is 32.6 Å². The van der Waals surface area contributed by atoms with E-state index < -0.39 is 0 Å². The van der Waals surface area contributed by atoms with E-state index in [0.717, 1.165) is 11.3 Å². The Morgan fingerprint density at radius 1 is 1.04 bits per heavy atom. The summed E-state index contributed by atoms with van der Waals surface area (Å²) in [4.78, 5) is 14.6. The fraction of sp³-hybridized carbons (Fsp3) is 0.316. The van der Waals surface area contributed by atoms with Crippen LogP contribution in [0.2, 0.25) is 0 Å². The summed E-state index contributed by atoms with van der Waals surface area (Å²) < 4.78 is 29.4. The molecular weight excluding hydrogens is 325 g/mol. The molecule has 2 aromatic rings. The average molecular weight is 345 g/mol. The zero-order valence-corrected chi connectivity index (χ0v) is 14.5. The molecular formula is C19H20FNO4. The Kier molecular flexibility index (Phi) is 4.79. The number of halogens is 1. The van der Waals surface area contributed by atoms with E-state index in [1.807, 2.05) is 0 Å². The maximum atomic E-state index is 13.1. The number of methoxy groups -OCH3 is 3. The van der Waals surface area contributed by atoms with Crippen molar-refractivity contribution in [1.82, 2.24) is 0 Å². The number of rotatable bonds is 5. The van der Waals surface area contributed by atoms with Crippen LogP contribution in [0.15, 0.2) is 30.3 Å². The molecule has 0 spiro atoms. The van der Waals surface area contributed by atoms with E-state index >= 15 is 0 Å². The third-order valence-electron chi connectivity index (χ3n) is 4.32. The van der Waals surface area contributed by atoms with Crippen LogP contribution in [0, 0.1) is 5.82 Å². The van der Waals surface area contributed by atoms with Gasteiger partial charge in [-0.25, -0.2) is 4.39 Å². The molecule has 0 atom stereocenters. The van der Waals surface area contributed by atoms with Crippen LogP contribution in [0.3, 0.4) is 0 Å². The summed E-state index contributed by atoms with van der Waals surface area (Å²) in [7, 11) is 4.55. The predicted octanol–water partition coefficient (Wildman–Crippen LogP) is 3.44. The Bertz CT molecular complexity index is 789. The third-order valence-corrected chi connectivity index (χ3v) is 4.32. The van der Waals surface area contributed by atoms with E-state index in [4.69, 9.17) is 14.2 Å². The highest BCUT2D eigenvalue weighted by Crippen LogP contribution is 2.47. The molecule has 0 fully saturated rings. The molecule has 0 saturated carbocycles. The highest BCUT2D eigenvalue weighted by Gasteiger charge is 2.31. The van der Waals surface area contributed by atoms with Gasteiger partial charge in [-0.3, -0.25) is 4.79 Å². The first-order chi connectivity index (χ1) is 12.1. The SMILES string of the molecule is COc1cc2c(c(OC)c1OC)C(=O)CCN2Cc1ccc(F)cc1. The maximum absolute atomic E-state index is 13.1. The van der Waals surface area contributed by atoms with Gasteiger partial charge in [-0.1, -0.05) is 12.1 Å². The topological polar surface area (TPSA) is 48.0 Å². The number of benzene rings is 2. The van der Waals surface area contributed by atoms with E-state index in [1.165, 1.54) is 26.4 Å². The molecule has 25 heavy (non-hydrogen) atoms. The standard InChI is InChI=1S/C19H20FNO4/c1-23-16-10-14-17(19(25-3)18(16)24-2)15(22)8-9-21(14)11-12-4-6-13(20)7-5-12/h4-7,10H,8-9,11H2,1-3H3. The van der Waals surface area contributed by atoms with Crippen molar-refractivity contribution in [3.63, 3.8) is 0 Å². The summed E-state index contributed by atoms with van der Waals surface area (Å²) in [5.74, 6) is 1.01. The quantitative estimate of drug-likeness (QED) is 0.831. The summed E-state index contributed by atoms with van der Waals surface area (Å²) in [6, 6.07) is 8.13. The number of hydrogen-bond acceptors (Lipinski definition) is 5. The number of carbonyl (C=O) groups excluding carboxylic acids is 1. The highest BCUT2D eigenvalue weighted by atomic mass is 19.1. The third kappa shape index (κ3) is 3.12. The summed E-state index contributed by atoms with van der Waals surface area (Å²) in [6.07, 6.45) is 0.375. The molecule has 0 amide bonds. The zero-order chi connectivity index (χ0) is 18.0. The molecule has 0 aromatic heterocycles. The monoisotopic (exact) mass is 345 g/mol. The normalized spacial score (nSPS) is 13.4. The lowest BCUT2D eigenvalue weighted by Crippen LogP contribution is -2.32. The second-order valence-corrected chi connectivity index (χ2v) is 5.76. The van der Waals surface area contributed by atoms with Crippen LogP contribution >= 0.6 is 0 Å². The van der Waals surface area contributed by atoms with Crippen molar-refractivity contribution in [3.8, 4) is 17.2 Å². The number of Topliss-reactive ketones (excluding diaryl/α,β-unsaturated/α-hetero) is 1. The van der Waals surface area contributed by atoms with Gasteiger partial charge in [0.1, 0.15) is 5.82 Å². The molecule has 0 aliphatic carbocycles. The molecule has 0 radical (unpaired) electrons. The van der Waals surface area contributed by atoms with Crippen molar-refractivity contribution in [2.45, 2.75) is 13.0 Å². The summed E-state index contributed by atoms with van der Waals surface area (Å²) >= 11 is 0. The highest BCUT2D eigenvalue weighted by molar-refractivity contribution is 6.07. The lowest BCUT2D eigenvalue weighted by molar-refractivity contribution is 0.0975. The number of hydrogen-bond donors (Lipinski definition) is 0. The van der Waals surface area contributed by atoms with Crippen LogP contribution in [0.5, 0.6) is 17.2 Å². The number of ketones is 1. The van der Waals surface area contributed by atoms with E-state index in [-0.39, 0.29) is 11.6 Å². The fourth-order valence-electron chi connectivity index (χ4n) is 3.12. The number of nitrogens with zero attached hydrogens (tertiary/aromatic N) is 1.